The zero-order chi connectivity index (χ0) is 15.4. The van der Waals surface area contributed by atoms with E-state index in [1.54, 1.807) is 30.3 Å². The van der Waals surface area contributed by atoms with E-state index in [0.717, 1.165) is 5.56 Å². The highest BCUT2D eigenvalue weighted by Gasteiger charge is 2.07. The van der Waals surface area contributed by atoms with Gasteiger partial charge in [-0.05, 0) is 70.6 Å². The predicted octanol–water partition coefficient (Wildman–Crippen LogP) is 3.61. The Balaban J connectivity index is 2.23. The van der Waals surface area contributed by atoms with Crippen molar-refractivity contribution in [2.24, 2.45) is 0 Å². The number of phenols is 2. The summed E-state index contributed by atoms with van der Waals surface area (Å²) >= 11 is 1.99. The average Bonchev–Trinajstić information content (AvgIpc) is 2.48. The van der Waals surface area contributed by atoms with E-state index < -0.39 is 0 Å². The molecule has 0 bridgehead atoms. The second-order valence-corrected chi connectivity index (χ2v) is 5.46. The fraction of sp³-hybridized carbons (Fsp3) is 0.0625. The molecule has 0 spiro atoms. The van der Waals surface area contributed by atoms with Gasteiger partial charge in [-0.2, -0.15) is 0 Å². The fourth-order valence-electron chi connectivity index (χ4n) is 1.74. The van der Waals surface area contributed by atoms with Gasteiger partial charge >= 0.3 is 0 Å². The highest BCUT2D eigenvalue weighted by molar-refractivity contribution is 14.1. The Labute approximate surface area is 135 Å². The van der Waals surface area contributed by atoms with Gasteiger partial charge in [0.05, 0.1) is 10.7 Å². The number of benzene rings is 2. The minimum absolute atomic E-state index is 0.0834. The molecule has 4 nitrogen and oxygen atoms in total. The molecule has 2 rings (SSSR count). The maximum absolute atomic E-state index is 12.0. The summed E-state index contributed by atoms with van der Waals surface area (Å²) in [4.78, 5) is 12.0. The van der Waals surface area contributed by atoms with E-state index in [4.69, 9.17) is 4.74 Å². The number of methoxy groups -OCH3 is 1. The fourth-order valence-corrected chi connectivity index (χ4v) is 2.36. The van der Waals surface area contributed by atoms with Crippen LogP contribution in [0.5, 0.6) is 17.2 Å². The summed E-state index contributed by atoms with van der Waals surface area (Å²) in [5.74, 6) is 0.393. The zero-order valence-corrected chi connectivity index (χ0v) is 13.4. The van der Waals surface area contributed by atoms with Crippen molar-refractivity contribution < 1.29 is 19.7 Å². The maximum Gasteiger partial charge on any atom is 0.185 e. The number of carbonyl (C=O) groups excluding carboxylic acids is 1. The van der Waals surface area contributed by atoms with Crippen LogP contribution in [0.3, 0.4) is 0 Å². The number of aromatic hydroxyl groups is 2. The number of carbonyl (C=O) groups is 1. The van der Waals surface area contributed by atoms with Crippen LogP contribution in [-0.4, -0.2) is 23.1 Å². The van der Waals surface area contributed by atoms with Crippen LogP contribution in [0.2, 0.25) is 0 Å². The van der Waals surface area contributed by atoms with Gasteiger partial charge in [-0.1, -0.05) is 6.08 Å². The van der Waals surface area contributed by atoms with E-state index in [9.17, 15) is 15.0 Å². The highest BCUT2D eigenvalue weighted by atomic mass is 127. The van der Waals surface area contributed by atoms with E-state index in [-0.39, 0.29) is 17.3 Å². The van der Waals surface area contributed by atoms with Crippen LogP contribution in [0.15, 0.2) is 42.5 Å². The third-order valence-corrected chi connectivity index (χ3v) is 3.67. The van der Waals surface area contributed by atoms with E-state index in [2.05, 4.69) is 0 Å². The Morgan fingerprint density at radius 1 is 1.19 bits per heavy atom. The quantitative estimate of drug-likeness (QED) is 0.471. The van der Waals surface area contributed by atoms with Crippen LogP contribution in [-0.2, 0) is 0 Å². The van der Waals surface area contributed by atoms with Crippen LogP contribution in [0.25, 0.3) is 6.08 Å². The molecular formula is C16H13IO4. The molecule has 2 aromatic carbocycles. The van der Waals surface area contributed by atoms with Gasteiger partial charge < -0.3 is 14.9 Å². The minimum atomic E-state index is -0.169. The molecular weight excluding hydrogens is 383 g/mol. The molecule has 0 atom stereocenters. The first-order chi connectivity index (χ1) is 10.0. The van der Waals surface area contributed by atoms with Crippen molar-refractivity contribution in [2.75, 3.05) is 7.11 Å². The first kappa shape index (κ1) is 15.4. The molecule has 0 unspecified atom stereocenters. The van der Waals surface area contributed by atoms with Crippen LogP contribution in [0.1, 0.15) is 15.9 Å². The smallest absolute Gasteiger partial charge is 0.185 e. The van der Waals surface area contributed by atoms with Crippen LogP contribution in [0, 0.1) is 3.57 Å². The van der Waals surface area contributed by atoms with Crippen LogP contribution < -0.4 is 4.74 Å². The molecule has 2 aromatic rings. The van der Waals surface area contributed by atoms with Crippen LogP contribution in [0.4, 0.5) is 0 Å². The van der Waals surface area contributed by atoms with Crippen molar-refractivity contribution in [3.63, 3.8) is 0 Å². The number of hydrogen-bond donors (Lipinski definition) is 2. The monoisotopic (exact) mass is 396 g/mol. The van der Waals surface area contributed by atoms with Crippen molar-refractivity contribution in [3.8, 4) is 17.2 Å². The van der Waals surface area contributed by atoms with Crippen molar-refractivity contribution in [2.45, 2.75) is 0 Å². The third kappa shape index (κ3) is 3.75. The van der Waals surface area contributed by atoms with Gasteiger partial charge in [0.15, 0.2) is 17.3 Å². The molecule has 0 heterocycles. The lowest BCUT2D eigenvalue weighted by molar-refractivity contribution is 0.104. The summed E-state index contributed by atoms with van der Waals surface area (Å²) in [5, 5.41) is 18.9. The Bertz CT molecular complexity index is 690. The topological polar surface area (TPSA) is 66.8 Å². The van der Waals surface area contributed by atoms with E-state index in [1.807, 2.05) is 22.6 Å². The Morgan fingerprint density at radius 2 is 1.86 bits per heavy atom. The summed E-state index contributed by atoms with van der Waals surface area (Å²) < 4.78 is 5.71. The molecule has 0 fully saturated rings. The second-order valence-electron chi connectivity index (χ2n) is 4.30. The van der Waals surface area contributed by atoms with E-state index in [1.165, 1.54) is 25.3 Å². The molecule has 0 saturated carbocycles. The van der Waals surface area contributed by atoms with Gasteiger partial charge in [-0.25, -0.2) is 0 Å². The van der Waals surface area contributed by atoms with Crippen molar-refractivity contribution in [3.05, 3.63) is 57.2 Å². The number of halogens is 1. The third-order valence-electron chi connectivity index (χ3n) is 2.85. The van der Waals surface area contributed by atoms with E-state index in [0.29, 0.717) is 14.9 Å². The molecule has 0 aliphatic rings. The van der Waals surface area contributed by atoms with Gasteiger partial charge in [0.2, 0.25) is 0 Å². The first-order valence-electron chi connectivity index (χ1n) is 6.09. The molecule has 0 aliphatic carbocycles. The highest BCUT2D eigenvalue weighted by Crippen LogP contribution is 2.32. The molecule has 5 heteroatoms. The number of ketones is 1. The molecule has 0 saturated heterocycles. The molecule has 0 aromatic heterocycles. The van der Waals surface area contributed by atoms with Crippen LogP contribution >= 0.6 is 22.6 Å². The molecule has 2 N–H and O–H groups in total. The lowest BCUT2D eigenvalue weighted by atomic mass is 10.1. The minimum Gasteiger partial charge on any atom is -0.508 e. The van der Waals surface area contributed by atoms with Crippen molar-refractivity contribution in [1.82, 2.24) is 0 Å². The lowest BCUT2D eigenvalue weighted by Gasteiger charge is -2.06. The average molecular weight is 396 g/mol. The number of hydrogen-bond acceptors (Lipinski definition) is 4. The van der Waals surface area contributed by atoms with Gasteiger partial charge in [0, 0.05) is 5.56 Å². The SMILES string of the molecule is COc1cc(/C=C/C(=O)c2ccc(O)cc2)cc(I)c1O. The van der Waals surface area contributed by atoms with Gasteiger partial charge in [0.1, 0.15) is 5.75 Å². The number of allylic oxidation sites excluding steroid dienone is 1. The molecule has 0 radical (unpaired) electrons. The van der Waals surface area contributed by atoms with Crippen molar-refractivity contribution in [1.29, 1.82) is 0 Å². The normalized spacial score (nSPS) is 10.8. The standard InChI is InChI=1S/C16H13IO4/c1-21-15-9-10(8-13(17)16(15)20)2-7-14(19)11-3-5-12(18)6-4-11/h2-9,18,20H,1H3/b7-2+. The Kier molecular flexibility index (Phi) is 4.85. The predicted molar refractivity (Wildman–Crippen MR) is 88.8 cm³/mol. The first-order valence-corrected chi connectivity index (χ1v) is 7.17. The molecule has 0 aliphatic heterocycles. The summed E-state index contributed by atoms with van der Waals surface area (Å²) in [6, 6.07) is 9.45. The maximum atomic E-state index is 12.0. The Morgan fingerprint density at radius 3 is 2.48 bits per heavy atom. The van der Waals surface area contributed by atoms with Gasteiger partial charge in [-0.15, -0.1) is 0 Å². The van der Waals surface area contributed by atoms with Crippen molar-refractivity contribution >= 4 is 34.5 Å². The van der Waals surface area contributed by atoms with Gasteiger partial charge in [-0.3, -0.25) is 4.79 Å². The summed E-state index contributed by atoms with van der Waals surface area (Å²) in [6.07, 6.45) is 3.09. The molecule has 108 valence electrons. The zero-order valence-electron chi connectivity index (χ0n) is 11.2. The Hall–Kier alpha value is -2.02. The summed E-state index contributed by atoms with van der Waals surface area (Å²) in [5.41, 5.74) is 1.24. The number of ether oxygens (including phenoxy) is 1. The molecule has 0 amide bonds. The van der Waals surface area contributed by atoms with Gasteiger partial charge in [0.25, 0.3) is 0 Å². The largest absolute Gasteiger partial charge is 0.508 e. The molecule has 21 heavy (non-hydrogen) atoms. The number of phenolic OH excluding ortho intramolecular Hbond substituents is 2. The summed E-state index contributed by atoms with van der Waals surface area (Å²) in [6.45, 7) is 0. The van der Waals surface area contributed by atoms with E-state index >= 15 is 0 Å². The number of rotatable bonds is 4. The summed E-state index contributed by atoms with van der Waals surface area (Å²) in [7, 11) is 1.47. The second kappa shape index (κ2) is 6.62. The lowest BCUT2D eigenvalue weighted by Crippen LogP contribution is -1.93.